The number of imidazole rings is 1. The van der Waals surface area contributed by atoms with E-state index in [1.54, 1.807) is 31.2 Å². The highest BCUT2D eigenvalue weighted by Crippen LogP contribution is 2.26. The van der Waals surface area contributed by atoms with Crippen LogP contribution in [0.5, 0.6) is 0 Å². The van der Waals surface area contributed by atoms with Crippen molar-refractivity contribution >= 4 is 46.0 Å². The third-order valence-electron chi connectivity index (χ3n) is 3.21. The molecule has 0 aliphatic heterocycles. The van der Waals surface area contributed by atoms with E-state index in [0.29, 0.717) is 10.2 Å². The summed E-state index contributed by atoms with van der Waals surface area (Å²) < 4.78 is 13.6. The number of hydrogen-bond donors (Lipinski definition) is 2. The lowest BCUT2D eigenvalue weighted by atomic mass is 10.3. The van der Waals surface area contributed by atoms with E-state index in [1.807, 2.05) is 6.07 Å². The monoisotopic (exact) mass is 349 g/mol. The fourth-order valence-electron chi connectivity index (χ4n) is 2.03. The summed E-state index contributed by atoms with van der Waals surface area (Å²) in [7, 11) is 0. The molecule has 0 bridgehead atoms. The number of benzene rings is 2. The van der Waals surface area contributed by atoms with E-state index in [-0.39, 0.29) is 11.6 Å². The normalized spacial score (nSPS) is 12.3. The summed E-state index contributed by atoms with van der Waals surface area (Å²) in [4.78, 5) is 19.7. The third-order valence-corrected chi connectivity index (χ3v) is 4.43. The molecule has 0 spiro atoms. The van der Waals surface area contributed by atoms with Crippen LogP contribution in [0, 0.1) is 5.82 Å². The van der Waals surface area contributed by atoms with E-state index in [2.05, 4.69) is 15.3 Å². The Morgan fingerprint density at radius 3 is 2.91 bits per heavy atom. The number of para-hydroxylation sites is 1. The average molecular weight is 350 g/mol. The van der Waals surface area contributed by atoms with E-state index < -0.39 is 11.1 Å². The number of carbonyl (C=O) groups is 1. The lowest BCUT2D eigenvalue weighted by Crippen LogP contribution is -2.23. The fourth-order valence-corrected chi connectivity index (χ4v) is 3.03. The maximum absolute atomic E-state index is 13.6. The molecule has 0 saturated heterocycles. The van der Waals surface area contributed by atoms with E-state index in [9.17, 15) is 9.18 Å². The van der Waals surface area contributed by atoms with Gasteiger partial charge in [-0.2, -0.15) is 0 Å². The van der Waals surface area contributed by atoms with E-state index in [0.717, 1.165) is 11.0 Å². The molecule has 23 heavy (non-hydrogen) atoms. The second-order valence-corrected chi connectivity index (χ2v) is 6.70. The van der Waals surface area contributed by atoms with Crippen molar-refractivity contribution in [3.8, 4) is 0 Å². The van der Waals surface area contributed by atoms with Gasteiger partial charge in [0.25, 0.3) is 0 Å². The molecule has 2 aromatic carbocycles. The summed E-state index contributed by atoms with van der Waals surface area (Å²) in [6.45, 7) is 1.74. The van der Waals surface area contributed by atoms with Crippen LogP contribution in [0.3, 0.4) is 0 Å². The van der Waals surface area contributed by atoms with Gasteiger partial charge in [-0.25, -0.2) is 9.37 Å². The highest BCUT2D eigenvalue weighted by atomic mass is 35.5. The Labute approximate surface area is 141 Å². The molecule has 0 radical (unpaired) electrons. The van der Waals surface area contributed by atoms with Gasteiger partial charge in [0, 0.05) is 5.02 Å². The van der Waals surface area contributed by atoms with Crippen molar-refractivity contribution in [2.45, 2.75) is 17.3 Å². The van der Waals surface area contributed by atoms with Crippen molar-refractivity contribution in [2.24, 2.45) is 0 Å². The van der Waals surface area contributed by atoms with Crippen LogP contribution < -0.4 is 5.32 Å². The molecule has 118 valence electrons. The molecule has 0 unspecified atom stereocenters. The van der Waals surface area contributed by atoms with Crippen molar-refractivity contribution in [3.63, 3.8) is 0 Å². The number of carbonyl (C=O) groups excluding carboxylic acids is 1. The topological polar surface area (TPSA) is 57.8 Å². The summed E-state index contributed by atoms with van der Waals surface area (Å²) >= 11 is 7.20. The Morgan fingerprint density at radius 2 is 2.13 bits per heavy atom. The van der Waals surface area contributed by atoms with Gasteiger partial charge in [-0.1, -0.05) is 35.5 Å². The van der Waals surface area contributed by atoms with Crippen LogP contribution in [0.25, 0.3) is 11.0 Å². The second kappa shape index (κ2) is 6.60. The predicted molar refractivity (Wildman–Crippen MR) is 91.5 cm³/mol. The number of rotatable bonds is 4. The van der Waals surface area contributed by atoms with Crippen molar-refractivity contribution in [2.75, 3.05) is 5.32 Å². The number of halogens is 2. The molecular formula is C16H13ClFN3OS. The predicted octanol–water partition coefficient (Wildman–Crippen LogP) is 4.47. The molecule has 3 aromatic rings. The molecule has 4 nitrogen and oxygen atoms in total. The van der Waals surface area contributed by atoms with E-state index in [4.69, 9.17) is 11.6 Å². The Bertz CT molecular complexity index is 867. The zero-order valence-electron chi connectivity index (χ0n) is 12.1. The molecule has 0 aliphatic rings. The van der Waals surface area contributed by atoms with Gasteiger partial charge in [0.15, 0.2) is 5.16 Å². The van der Waals surface area contributed by atoms with Gasteiger partial charge in [-0.3, -0.25) is 4.79 Å². The van der Waals surface area contributed by atoms with E-state index >= 15 is 0 Å². The number of nitrogens with zero attached hydrogens (tertiary/aromatic N) is 1. The minimum atomic E-state index is -0.462. The number of H-pyrrole nitrogens is 1. The first-order valence-corrected chi connectivity index (χ1v) is 8.16. The van der Waals surface area contributed by atoms with Crippen LogP contribution in [-0.4, -0.2) is 21.1 Å². The molecule has 2 N–H and O–H groups in total. The third kappa shape index (κ3) is 3.65. The summed E-state index contributed by atoms with van der Waals surface area (Å²) in [5.41, 5.74) is 1.75. The van der Waals surface area contributed by atoms with Gasteiger partial charge in [0.1, 0.15) is 5.82 Å². The van der Waals surface area contributed by atoms with Gasteiger partial charge in [0.2, 0.25) is 5.91 Å². The Hall–Kier alpha value is -2.05. The van der Waals surface area contributed by atoms with Gasteiger partial charge in [-0.05, 0) is 37.3 Å². The molecular weight excluding hydrogens is 337 g/mol. The van der Waals surface area contributed by atoms with Crippen molar-refractivity contribution < 1.29 is 9.18 Å². The standard InChI is InChI=1S/C16H13ClFN3OS/c1-9(15(22)19-12-5-3-2-4-11(12)18)23-16-20-13-7-6-10(17)8-14(13)21-16/h2-9H,1H3,(H,19,22)(H,20,21)/t9-/m1/s1. The largest absolute Gasteiger partial charge is 0.333 e. The molecule has 0 fully saturated rings. The van der Waals surface area contributed by atoms with Gasteiger partial charge < -0.3 is 10.3 Å². The highest BCUT2D eigenvalue weighted by molar-refractivity contribution is 8.00. The molecule has 3 rings (SSSR count). The minimum absolute atomic E-state index is 0.168. The number of anilines is 1. The van der Waals surface area contributed by atoms with Crippen LogP contribution in [0.2, 0.25) is 5.02 Å². The smallest absolute Gasteiger partial charge is 0.237 e. The lowest BCUT2D eigenvalue weighted by Gasteiger charge is -2.10. The molecule has 0 saturated carbocycles. The van der Waals surface area contributed by atoms with Gasteiger partial charge in [-0.15, -0.1) is 0 Å². The zero-order chi connectivity index (χ0) is 16.4. The molecule has 1 amide bonds. The zero-order valence-corrected chi connectivity index (χ0v) is 13.7. The minimum Gasteiger partial charge on any atom is -0.333 e. The number of aromatic nitrogens is 2. The first kappa shape index (κ1) is 15.8. The Kier molecular flexibility index (Phi) is 4.54. The Balaban J connectivity index is 1.71. The molecule has 1 heterocycles. The first-order chi connectivity index (χ1) is 11.0. The van der Waals surface area contributed by atoms with Crippen molar-refractivity contribution in [1.29, 1.82) is 0 Å². The fraction of sp³-hybridized carbons (Fsp3) is 0.125. The number of aromatic amines is 1. The van der Waals surface area contributed by atoms with Crippen LogP contribution in [0.4, 0.5) is 10.1 Å². The quantitative estimate of drug-likeness (QED) is 0.683. The van der Waals surface area contributed by atoms with Crippen LogP contribution in [0.15, 0.2) is 47.6 Å². The molecule has 7 heteroatoms. The van der Waals surface area contributed by atoms with E-state index in [1.165, 1.54) is 23.9 Å². The van der Waals surface area contributed by atoms with Crippen molar-refractivity contribution in [1.82, 2.24) is 9.97 Å². The molecule has 1 aromatic heterocycles. The Morgan fingerprint density at radius 1 is 1.35 bits per heavy atom. The number of nitrogens with one attached hydrogen (secondary N) is 2. The first-order valence-electron chi connectivity index (χ1n) is 6.90. The lowest BCUT2D eigenvalue weighted by molar-refractivity contribution is -0.115. The number of hydrogen-bond acceptors (Lipinski definition) is 3. The maximum Gasteiger partial charge on any atom is 0.237 e. The summed E-state index contributed by atoms with van der Waals surface area (Å²) in [6, 6.07) is 11.4. The summed E-state index contributed by atoms with van der Waals surface area (Å²) in [6.07, 6.45) is 0. The van der Waals surface area contributed by atoms with Crippen molar-refractivity contribution in [3.05, 3.63) is 53.3 Å². The highest BCUT2D eigenvalue weighted by Gasteiger charge is 2.18. The van der Waals surface area contributed by atoms with Crippen LogP contribution in [0.1, 0.15) is 6.92 Å². The number of thioether (sulfide) groups is 1. The number of fused-ring (bicyclic) bond motifs is 1. The van der Waals surface area contributed by atoms with Gasteiger partial charge >= 0.3 is 0 Å². The second-order valence-electron chi connectivity index (χ2n) is 4.93. The average Bonchev–Trinajstić information content (AvgIpc) is 2.90. The number of amides is 1. The summed E-state index contributed by atoms with van der Waals surface area (Å²) in [5.74, 6) is -0.755. The maximum atomic E-state index is 13.6. The van der Waals surface area contributed by atoms with Gasteiger partial charge in [0.05, 0.1) is 22.0 Å². The molecule has 0 aliphatic carbocycles. The molecule has 1 atom stereocenters. The SMILES string of the molecule is C[C@@H](Sc1nc2ccc(Cl)cc2[nH]1)C(=O)Nc1ccccc1F. The van der Waals surface area contributed by atoms with Crippen LogP contribution >= 0.6 is 23.4 Å². The summed E-state index contributed by atoms with van der Waals surface area (Å²) in [5, 5.41) is 3.36. The van der Waals surface area contributed by atoms with Crippen LogP contribution in [-0.2, 0) is 4.79 Å².